The number of nitrogen functional groups attached to an aromatic ring is 1. The van der Waals surface area contributed by atoms with Gasteiger partial charge in [0.1, 0.15) is 5.69 Å². The first-order valence-corrected chi connectivity index (χ1v) is 10.6. The summed E-state index contributed by atoms with van der Waals surface area (Å²) >= 11 is 0. The van der Waals surface area contributed by atoms with E-state index in [0.717, 1.165) is 6.92 Å². The van der Waals surface area contributed by atoms with Crippen LogP contribution in [0.15, 0.2) is 42.5 Å². The lowest BCUT2D eigenvalue weighted by Gasteiger charge is -2.20. The number of amides is 1. The third-order valence-electron chi connectivity index (χ3n) is 5.08. The molecular weight excluding hydrogens is 428 g/mol. The molecule has 2 aromatic heterocycles. The molecule has 2 N–H and O–H groups in total. The number of aromatic nitrogens is 3. The van der Waals surface area contributed by atoms with E-state index in [0.29, 0.717) is 41.2 Å². The number of nitrogens with two attached hydrogens (primary N) is 1. The maximum Gasteiger partial charge on any atom is 0.287 e. The van der Waals surface area contributed by atoms with E-state index >= 15 is 0 Å². The summed E-state index contributed by atoms with van der Waals surface area (Å²) in [7, 11) is 0. The number of ether oxygens (including phenoxy) is 1. The Morgan fingerprint density at radius 3 is 2.33 bits per heavy atom. The predicted molar refractivity (Wildman–Crippen MR) is 123 cm³/mol. The van der Waals surface area contributed by atoms with Gasteiger partial charge in [-0.3, -0.25) is 9.78 Å². The summed E-state index contributed by atoms with van der Waals surface area (Å²) in [6.07, 6.45) is 0. The average molecular weight is 456 g/mol. The first-order chi connectivity index (χ1) is 15.6. The molecule has 1 amide bonds. The van der Waals surface area contributed by atoms with Gasteiger partial charge in [-0.2, -0.15) is 13.8 Å². The van der Waals surface area contributed by atoms with Crippen molar-refractivity contribution >= 4 is 11.9 Å². The van der Waals surface area contributed by atoms with E-state index in [-0.39, 0.29) is 24.3 Å². The van der Waals surface area contributed by atoms with Crippen molar-refractivity contribution in [3.8, 4) is 28.3 Å². The second-order valence-corrected chi connectivity index (χ2v) is 7.60. The summed E-state index contributed by atoms with van der Waals surface area (Å²) in [6.45, 7) is 6.95. The molecule has 3 aromatic rings. The van der Waals surface area contributed by atoms with Crippen LogP contribution in [-0.4, -0.2) is 45.5 Å². The number of likely N-dealkylation sites (N-methyl/N-ethyl adjacent to an activating group) is 1. The SMILES string of the molecule is CCN(CC)C(=O)COc1nc(N)nc(-c2ccccc2)c1-c1cc(C)nc(C(C)(F)F)c1. The average Bonchev–Trinajstić information content (AvgIpc) is 2.77. The van der Waals surface area contributed by atoms with Crippen molar-refractivity contribution in [2.45, 2.75) is 33.6 Å². The van der Waals surface area contributed by atoms with Gasteiger partial charge < -0.3 is 15.4 Å². The number of nitrogens with zero attached hydrogens (tertiary/aromatic N) is 4. The lowest BCUT2D eigenvalue weighted by Crippen LogP contribution is -2.34. The summed E-state index contributed by atoms with van der Waals surface area (Å²) in [5, 5.41) is 0. The van der Waals surface area contributed by atoms with Gasteiger partial charge in [0.15, 0.2) is 6.61 Å². The van der Waals surface area contributed by atoms with Crippen LogP contribution in [0.25, 0.3) is 22.4 Å². The molecule has 9 heteroatoms. The number of carbonyl (C=O) groups excluding carboxylic acids is 1. The molecule has 0 saturated heterocycles. The number of aryl methyl sites for hydroxylation is 1. The quantitative estimate of drug-likeness (QED) is 0.539. The summed E-state index contributed by atoms with van der Waals surface area (Å²) in [5.41, 5.74) is 7.82. The number of halogens is 2. The Labute approximate surface area is 191 Å². The van der Waals surface area contributed by atoms with E-state index in [1.165, 1.54) is 6.07 Å². The van der Waals surface area contributed by atoms with Gasteiger partial charge in [-0.1, -0.05) is 30.3 Å². The molecule has 0 radical (unpaired) electrons. The fourth-order valence-electron chi connectivity index (χ4n) is 3.46. The maximum absolute atomic E-state index is 14.1. The van der Waals surface area contributed by atoms with Crippen molar-refractivity contribution in [2.24, 2.45) is 0 Å². The van der Waals surface area contributed by atoms with E-state index in [2.05, 4.69) is 15.0 Å². The number of alkyl halides is 2. The number of carbonyl (C=O) groups is 1. The normalized spacial score (nSPS) is 11.3. The van der Waals surface area contributed by atoms with Gasteiger partial charge in [-0.15, -0.1) is 0 Å². The second-order valence-electron chi connectivity index (χ2n) is 7.60. The molecule has 0 saturated carbocycles. The summed E-state index contributed by atoms with van der Waals surface area (Å²) < 4.78 is 34.1. The monoisotopic (exact) mass is 455 g/mol. The molecule has 2 heterocycles. The van der Waals surface area contributed by atoms with Crippen LogP contribution in [0.2, 0.25) is 0 Å². The molecule has 3 rings (SSSR count). The largest absolute Gasteiger partial charge is 0.467 e. The van der Waals surface area contributed by atoms with Gasteiger partial charge in [-0.05, 0) is 38.5 Å². The first kappa shape index (κ1) is 24.0. The van der Waals surface area contributed by atoms with Crippen LogP contribution in [-0.2, 0) is 10.7 Å². The highest BCUT2D eigenvalue weighted by molar-refractivity contribution is 5.85. The van der Waals surface area contributed by atoms with Crippen molar-refractivity contribution in [1.29, 1.82) is 0 Å². The first-order valence-electron chi connectivity index (χ1n) is 10.6. The van der Waals surface area contributed by atoms with Crippen molar-refractivity contribution < 1.29 is 18.3 Å². The zero-order valence-corrected chi connectivity index (χ0v) is 19.1. The number of pyridine rings is 1. The number of rotatable bonds is 8. The predicted octanol–water partition coefficient (Wildman–Crippen LogP) is 4.46. The molecule has 0 aliphatic rings. The van der Waals surface area contributed by atoms with Gasteiger partial charge in [0, 0.05) is 31.3 Å². The van der Waals surface area contributed by atoms with Crippen molar-refractivity contribution in [3.63, 3.8) is 0 Å². The van der Waals surface area contributed by atoms with Crippen LogP contribution < -0.4 is 10.5 Å². The van der Waals surface area contributed by atoms with E-state index in [9.17, 15) is 13.6 Å². The lowest BCUT2D eigenvalue weighted by molar-refractivity contribution is -0.133. The van der Waals surface area contributed by atoms with E-state index in [1.54, 1.807) is 17.9 Å². The standard InChI is InChI=1S/C24H27F2N5O2/c1-5-31(6-2)19(32)14-33-22-20(17-12-15(3)28-18(13-17)24(4,25)26)21(29-23(27)30-22)16-10-8-7-9-11-16/h7-13H,5-6,14H2,1-4H3,(H2,27,29,30). The summed E-state index contributed by atoms with van der Waals surface area (Å²) in [6, 6.07) is 12.1. The van der Waals surface area contributed by atoms with Crippen LogP contribution in [0, 0.1) is 6.92 Å². The van der Waals surface area contributed by atoms with Gasteiger partial charge in [0.2, 0.25) is 11.8 Å². The third kappa shape index (κ3) is 5.60. The Morgan fingerprint density at radius 2 is 1.73 bits per heavy atom. The zero-order valence-electron chi connectivity index (χ0n) is 19.1. The molecule has 0 fully saturated rings. The molecule has 0 aliphatic carbocycles. The third-order valence-corrected chi connectivity index (χ3v) is 5.08. The van der Waals surface area contributed by atoms with E-state index < -0.39 is 11.6 Å². The molecule has 174 valence electrons. The van der Waals surface area contributed by atoms with Gasteiger partial charge >= 0.3 is 0 Å². The lowest BCUT2D eigenvalue weighted by atomic mass is 9.98. The minimum absolute atomic E-state index is 0.0397. The van der Waals surface area contributed by atoms with Crippen LogP contribution >= 0.6 is 0 Å². The molecule has 0 atom stereocenters. The van der Waals surface area contributed by atoms with Crippen LogP contribution in [0.4, 0.5) is 14.7 Å². The number of hydrogen-bond donors (Lipinski definition) is 1. The molecule has 7 nitrogen and oxygen atoms in total. The Kier molecular flexibility index (Phi) is 7.20. The molecular formula is C24H27F2N5O2. The minimum atomic E-state index is -3.15. The number of benzene rings is 1. The Bertz CT molecular complexity index is 1130. The smallest absolute Gasteiger partial charge is 0.287 e. The molecule has 0 bridgehead atoms. The van der Waals surface area contributed by atoms with Crippen molar-refractivity contribution in [2.75, 3.05) is 25.4 Å². The van der Waals surface area contributed by atoms with E-state index in [4.69, 9.17) is 10.5 Å². The molecule has 33 heavy (non-hydrogen) atoms. The van der Waals surface area contributed by atoms with Crippen molar-refractivity contribution in [3.05, 3.63) is 53.9 Å². The van der Waals surface area contributed by atoms with Gasteiger partial charge in [-0.25, -0.2) is 4.98 Å². The number of hydrogen-bond acceptors (Lipinski definition) is 6. The summed E-state index contributed by atoms with van der Waals surface area (Å²) in [4.78, 5) is 26.7. The van der Waals surface area contributed by atoms with Crippen LogP contribution in [0.1, 0.15) is 32.2 Å². The Hall–Kier alpha value is -3.62. The van der Waals surface area contributed by atoms with Crippen molar-refractivity contribution in [1.82, 2.24) is 19.9 Å². The van der Waals surface area contributed by atoms with Crippen LogP contribution in [0.3, 0.4) is 0 Å². The molecule has 0 spiro atoms. The van der Waals surface area contributed by atoms with Crippen LogP contribution in [0.5, 0.6) is 5.88 Å². The Morgan fingerprint density at radius 1 is 1.06 bits per heavy atom. The topological polar surface area (TPSA) is 94.2 Å². The second kappa shape index (κ2) is 9.89. The summed E-state index contributed by atoms with van der Waals surface area (Å²) in [5.74, 6) is -3.40. The molecule has 0 unspecified atom stereocenters. The molecule has 1 aromatic carbocycles. The highest BCUT2D eigenvalue weighted by Gasteiger charge is 2.29. The highest BCUT2D eigenvalue weighted by atomic mass is 19.3. The minimum Gasteiger partial charge on any atom is -0.467 e. The number of anilines is 1. The van der Waals surface area contributed by atoms with Gasteiger partial charge in [0.05, 0.1) is 11.3 Å². The fourth-order valence-corrected chi connectivity index (χ4v) is 3.46. The van der Waals surface area contributed by atoms with Gasteiger partial charge in [0.25, 0.3) is 11.8 Å². The highest BCUT2D eigenvalue weighted by Crippen LogP contribution is 2.39. The van der Waals surface area contributed by atoms with E-state index in [1.807, 2.05) is 44.2 Å². The molecule has 0 aliphatic heterocycles. The zero-order chi connectivity index (χ0) is 24.2. The fraction of sp³-hybridized carbons (Fsp3) is 0.333. The maximum atomic E-state index is 14.1. The Balaban J connectivity index is 2.20.